The molecule has 1 aliphatic heterocycles. The van der Waals surface area contributed by atoms with Gasteiger partial charge in [0.2, 0.25) is 0 Å². The van der Waals surface area contributed by atoms with E-state index >= 15 is 0 Å². The number of nitrogens with one attached hydrogen (secondary N) is 1. The predicted molar refractivity (Wildman–Crippen MR) is 94.3 cm³/mol. The Morgan fingerprint density at radius 3 is 2.88 bits per heavy atom. The minimum atomic E-state index is 0.309. The number of nitrogens with zero attached hydrogens (tertiary/aromatic N) is 3. The molecule has 1 aliphatic carbocycles. The summed E-state index contributed by atoms with van der Waals surface area (Å²) in [4.78, 5) is 2.59. The summed E-state index contributed by atoms with van der Waals surface area (Å²) in [6.07, 6.45) is 5.18. The molecule has 5 nitrogen and oxygen atoms in total. The van der Waals surface area contributed by atoms with Crippen LogP contribution in [0.4, 0.5) is 0 Å². The van der Waals surface area contributed by atoms with Crippen molar-refractivity contribution in [3.05, 3.63) is 47.8 Å². The first-order valence-electron chi connectivity index (χ1n) is 8.96. The fourth-order valence-corrected chi connectivity index (χ4v) is 3.39. The van der Waals surface area contributed by atoms with Gasteiger partial charge in [-0.05, 0) is 31.9 Å². The van der Waals surface area contributed by atoms with Crippen LogP contribution in [0.25, 0.3) is 5.69 Å². The van der Waals surface area contributed by atoms with Gasteiger partial charge in [0, 0.05) is 44.0 Å². The van der Waals surface area contributed by atoms with Crippen LogP contribution in [-0.4, -0.2) is 53.1 Å². The first-order valence-corrected chi connectivity index (χ1v) is 8.96. The SMILES string of the molecule is Cc1nn(-c2ccccc2)cc1CNCC1CN(C2CC2)CCO1. The van der Waals surface area contributed by atoms with Gasteiger partial charge >= 0.3 is 0 Å². The molecular formula is C19H26N4O. The van der Waals surface area contributed by atoms with E-state index in [1.807, 2.05) is 22.9 Å². The van der Waals surface area contributed by atoms with Crippen LogP contribution >= 0.6 is 0 Å². The van der Waals surface area contributed by atoms with E-state index < -0.39 is 0 Å². The third-order valence-electron chi connectivity index (χ3n) is 4.94. The Bertz CT molecular complexity index is 665. The maximum Gasteiger partial charge on any atom is 0.0826 e. The predicted octanol–water partition coefficient (Wildman–Crippen LogP) is 2.13. The quantitative estimate of drug-likeness (QED) is 0.883. The number of rotatable bonds is 6. The lowest BCUT2D eigenvalue weighted by Gasteiger charge is -2.33. The van der Waals surface area contributed by atoms with Gasteiger partial charge in [0.1, 0.15) is 0 Å². The molecule has 1 atom stereocenters. The van der Waals surface area contributed by atoms with Crippen molar-refractivity contribution >= 4 is 0 Å². The molecule has 1 saturated heterocycles. The highest BCUT2D eigenvalue weighted by Crippen LogP contribution is 2.28. The number of para-hydroxylation sites is 1. The number of morpholine rings is 1. The topological polar surface area (TPSA) is 42.3 Å². The minimum Gasteiger partial charge on any atom is -0.374 e. The van der Waals surface area contributed by atoms with Crippen LogP contribution in [-0.2, 0) is 11.3 Å². The Kier molecular flexibility index (Phi) is 4.65. The first-order chi connectivity index (χ1) is 11.8. The molecule has 4 rings (SSSR count). The van der Waals surface area contributed by atoms with Gasteiger partial charge in [-0.2, -0.15) is 5.10 Å². The highest BCUT2D eigenvalue weighted by Gasteiger charge is 2.32. The van der Waals surface area contributed by atoms with E-state index in [0.717, 1.165) is 50.2 Å². The summed E-state index contributed by atoms with van der Waals surface area (Å²) in [5.74, 6) is 0. The summed E-state index contributed by atoms with van der Waals surface area (Å²) in [5, 5.41) is 8.18. The van der Waals surface area contributed by atoms with Gasteiger partial charge in [-0.3, -0.25) is 4.90 Å². The zero-order chi connectivity index (χ0) is 16.4. The fourth-order valence-electron chi connectivity index (χ4n) is 3.39. The van der Waals surface area contributed by atoms with Crippen molar-refractivity contribution in [3.8, 4) is 5.69 Å². The van der Waals surface area contributed by atoms with Gasteiger partial charge in [0.15, 0.2) is 0 Å². The van der Waals surface area contributed by atoms with E-state index in [1.165, 1.54) is 18.4 Å². The Hall–Kier alpha value is -1.69. The number of hydrogen-bond acceptors (Lipinski definition) is 4. The summed E-state index contributed by atoms with van der Waals surface area (Å²) < 4.78 is 7.86. The van der Waals surface area contributed by atoms with Gasteiger partial charge in [0.05, 0.1) is 24.1 Å². The maximum atomic E-state index is 5.90. The average Bonchev–Trinajstić information content (AvgIpc) is 3.40. The van der Waals surface area contributed by atoms with Crippen LogP contribution in [0.1, 0.15) is 24.1 Å². The van der Waals surface area contributed by atoms with Crippen molar-refractivity contribution in [1.29, 1.82) is 0 Å². The van der Waals surface area contributed by atoms with Crippen molar-refractivity contribution in [3.63, 3.8) is 0 Å². The normalized spacial score (nSPS) is 22.0. The van der Waals surface area contributed by atoms with Crippen LogP contribution in [0.2, 0.25) is 0 Å². The Morgan fingerprint density at radius 1 is 1.25 bits per heavy atom. The lowest BCUT2D eigenvalue weighted by molar-refractivity contribution is -0.0301. The Labute approximate surface area is 143 Å². The monoisotopic (exact) mass is 326 g/mol. The molecule has 1 N–H and O–H groups in total. The van der Waals surface area contributed by atoms with Crippen LogP contribution in [0.5, 0.6) is 0 Å². The summed E-state index contributed by atoms with van der Waals surface area (Å²) >= 11 is 0. The van der Waals surface area contributed by atoms with E-state index in [4.69, 9.17) is 4.74 Å². The third-order valence-corrected chi connectivity index (χ3v) is 4.94. The number of ether oxygens (including phenoxy) is 1. The molecule has 2 fully saturated rings. The Balaban J connectivity index is 1.30. The van der Waals surface area contributed by atoms with E-state index in [9.17, 15) is 0 Å². The molecule has 0 radical (unpaired) electrons. The molecule has 2 aromatic rings. The summed E-state index contributed by atoms with van der Waals surface area (Å²) in [5.41, 5.74) is 3.42. The summed E-state index contributed by atoms with van der Waals surface area (Å²) in [6, 6.07) is 11.1. The van der Waals surface area contributed by atoms with E-state index in [-0.39, 0.29) is 0 Å². The molecule has 0 bridgehead atoms. The molecule has 128 valence electrons. The molecule has 0 amide bonds. The minimum absolute atomic E-state index is 0.309. The molecule has 5 heteroatoms. The molecule has 24 heavy (non-hydrogen) atoms. The van der Waals surface area contributed by atoms with Crippen molar-refractivity contribution in [2.24, 2.45) is 0 Å². The van der Waals surface area contributed by atoms with Gasteiger partial charge in [0.25, 0.3) is 0 Å². The number of aromatic nitrogens is 2. The lowest BCUT2D eigenvalue weighted by atomic mass is 10.2. The molecule has 2 aliphatic rings. The van der Waals surface area contributed by atoms with Crippen LogP contribution in [0.3, 0.4) is 0 Å². The smallest absolute Gasteiger partial charge is 0.0826 e. The van der Waals surface area contributed by atoms with Crippen LogP contribution in [0, 0.1) is 6.92 Å². The third kappa shape index (κ3) is 3.69. The summed E-state index contributed by atoms with van der Waals surface area (Å²) in [7, 11) is 0. The number of aryl methyl sites for hydroxylation is 1. The molecule has 2 heterocycles. The summed E-state index contributed by atoms with van der Waals surface area (Å²) in [6.45, 7) is 6.85. The van der Waals surface area contributed by atoms with Crippen molar-refractivity contribution in [1.82, 2.24) is 20.0 Å². The largest absolute Gasteiger partial charge is 0.374 e. The zero-order valence-electron chi connectivity index (χ0n) is 14.3. The molecule has 1 aromatic carbocycles. The van der Waals surface area contributed by atoms with E-state index in [2.05, 4.69) is 40.6 Å². The number of benzene rings is 1. The molecule has 1 aromatic heterocycles. The first kappa shape index (κ1) is 15.8. The second-order valence-corrected chi connectivity index (χ2v) is 6.87. The van der Waals surface area contributed by atoms with E-state index in [0.29, 0.717) is 6.10 Å². The second-order valence-electron chi connectivity index (χ2n) is 6.87. The van der Waals surface area contributed by atoms with Gasteiger partial charge in [-0.1, -0.05) is 18.2 Å². The van der Waals surface area contributed by atoms with Gasteiger partial charge in [-0.25, -0.2) is 4.68 Å². The molecule has 1 saturated carbocycles. The van der Waals surface area contributed by atoms with Crippen LogP contribution in [0.15, 0.2) is 36.5 Å². The zero-order valence-corrected chi connectivity index (χ0v) is 14.3. The standard InChI is InChI=1S/C19H26N4O/c1-15-16(13-23(21-15)18-5-3-2-4-6-18)11-20-12-19-14-22(9-10-24-19)17-7-8-17/h2-6,13,17,19-20H,7-12,14H2,1H3. The van der Waals surface area contributed by atoms with Crippen molar-refractivity contribution < 1.29 is 4.74 Å². The average molecular weight is 326 g/mol. The Morgan fingerprint density at radius 2 is 2.08 bits per heavy atom. The van der Waals surface area contributed by atoms with Crippen LogP contribution < -0.4 is 5.32 Å². The molecule has 0 spiro atoms. The molecular weight excluding hydrogens is 300 g/mol. The van der Waals surface area contributed by atoms with Crippen molar-refractivity contribution in [2.75, 3.05) is 26.2 Å². The van der Waals surface area contributed by atoms with E-state index in [1.54, 1.807) is 0 Å². The number of hydrogen-bond donors (Lipinski definition) is 1. The molecule has 1 unspecified atom stereocenters. The maximum absolute atomic E-state index is 5.90. The van der Waals surface area contributed by atoms with Gasteiger partial charge < -0.3 is 10.1 Å². The highest BCUT2D eigenvalue weighted by atomic mass is 16.5. The second kappa shape index (κ2) is 7.05. The van der Waals surface area contributed by atoms with Gasteiger partial charge in [-0.15, -0.1) is 0 Å². The highest BCUT2D eigenvalue weighted by molar-refractivity contribution is 5.32. The van der Waals surface area contributed by atoms with Crippen molar-refractivity contribution in [2.45, 2.75) is 38.5 Å². The lowest BCUT2D eigenvalue weighted by Crippen LogP contribution is -2.47. The fraction of sp³-hybridized carbons (Fsp3) is 0.526.